The summed E-state index contributed by atoms with van der Waals surface area (Å²) in [5.74, 6) is 0. The predicted molar refractivity (Wildman–Crippen MR) is 262 cm³/mol. The third-order valence-corrected chi connectivity index (χ3v) is 13.3. The molecule has 0 aliphatic heterocycles. The van der Waals surface area contributed by atoms with Gasteiger partial charge in [-0.2, -0.15) is 0 Å². The zero-order valence-corrected chi connectivity index (χ0v) is 34.1. The smallest absolute Gasteiger partial charge is 0.0541 e. The fraction of sp³-hybridized carbons (Fsp3) is 0. The molecule has 12 rings (SSSR count). The van der Waals surface area contributed by atoms with Crippen molar-refractivity contribution >= 4 is 81.1 Å². The van der Waals surface area contributed by atoms with Crippen molar-refractivity contribution in [3.63, 3.8) is 0 Å². The molecule has 0 spiro atoms. The van der Waals surface area contributed by atoms with Crippen molar-refractivity contribution in [1.29, 1.82) is 0 Å². The van der Waals surface area contributed by atoms with Crippen molar-refractivity contribution in [3.8, 4) is 39.1 Å². The van der Waals surface area contributed by atoms with Crippen LogP contribution in [0.25, 0.3) is 91.8 Å². The molecule has 0 saturated carbocycles. The number of nitrogens with zero attached hydrogens (tertiary/aromatic N) is 2. The molecule has 2 heterocycles. The highest BCUT2D eigenvalue weighted by molar-refractivity contribution is 7.25. The van der Waals surface area contributed by atoms with Gasteiger partial charge in [0.15, 0.2) is 0 Å². The Hall–Kier alpha value is -7.72. The first-order chi connectivity index (χ1) is 30.2. The van der Waals surface area contributed by atoms with E-state index in [9.17, 15) is 0 Å². The fourth-order valence-corrected chi connectivity index (χ4v) is 10.4. The standard InChI is InChI=1S/C58H38N2S/c1-2-14-41-35-44(28-27-39(41)13-1)43-16-12-18-47(37-43)59(48-33-34-53-52-22-6-10-26-57(52)61-58(53)38-48)46-31-29-40(30-32-46)42-15-11-17-45(36-42)49-19-3-7-23-54(49)60-55-24-8-4-20-50(55)51-21-5-9-25-56(51)60/h1-38H. The Morgan fingerprint density at radius 3 is 1.70 bits per heavy atom. The molecule has 2 nitrogen and oxygen atoms in total. The number of rotatable bonds is 7. The van der Waals surface area contributed by atoms with E-state index in [1.807, 2.05) is 11.3 Å². The van der Waals surface area contributed by atoms with Crippen molar-refractivity contribution in [2.75, 3.05) is 4.90 Å². The summed E-state index contributed by atoms with van der Waals surface area (Å²) < 4.78 is 5.01. The highest BCUT2D eigenvalue weighted by Gasteiger charge is 2.18. The van der Waals surface area contributed by atoms with Crippen LogP contribution in [0, 0.1) is 0 Å². The van der Waals surface area contributed by atoms with E-state index in [0.29, 0.717) is 0 Å². The number of hydrogen-bond donors (Lipinski definition) is 0. The quantitative estimate of drug-likeness (QED) is 0.156. The SMILES string of the molecule is c1cc(-c2ccc(N(c3cccc(-c4ccc5ccccc5c4)c3)c3ccc4c(c3)sc3ccccc34)cc2)cc(-c2ccccc2-n2c3ccccc3c3ccccc32)c1. The molecule has 0 unspecified atom stereocenters. The van der Waals surface area contributed by atoms with Crippen LogP contribution in [-0.2, 0) is 0 Å². The van der Waals surface area contributed by atoms with Gasteiger partial charge in [-0.3, -0.25) is 0 Å². The van der Waals surface area contributed by atoms with Gasteiger partial charge in [0.05, 0.1) is 16.7 Å². The Bertz CT molecular complexity index is 3560. The third-order valence-electron chi connectivity index (χ3n) is 12.2. The maximum absolute atomic E-state index is 2.42. The first-order valence-corrected chi connectivity index (χ1v) is 21.6. The number of fused-ring (bicyclic) bond motifs is 7. The Kier molecular flexibility index (Phi) is 8.39. The zero-order valence-electron chi connectivity index (χ0n) is 33.2. The molecule has 0 fully saturated rings. The minimum absolute atomic E-state index is 1.10. The Morgan fingerprint density at radius 1 is 0.311 bits per heavy atom. The molecular formula is C58H38N2S. The first kappa shape index (κ1) is 35.2. The van der Waals surface area contributed by atoms with Crippen LogP contribution in [0.1, 0.15) is 0 Å². The molecule has 0 aliphatic carbocycles. The van der Waals surface area contributed by atoms with Gasteiger partial charge in [-0.05, 0) is 111 Å². The average molecular weight is 795 g/mol. The predicted octanol–water partition coefficient (Wildman–Crippen LogP) is 16.8. The van der Waals surface area contributed by atoms with Gasteiger partial charge in [-0.15, -0.1) is 11.3 Å². The number of benzene rings is 10. The minimum atomic E-state index is 1.10. The molecule has 2 aromatic heterocycles. The van der Waals surface area contributed by atoms with E-state index < -0.39 is 0 Å². The molecule has 10 aromatic carbocycles. The second kappa shape index (κ2) is 14.5. The van der Waals surface area contributed by atoms with Gasteiger partial charge in [0, 0.05) is 53.6 Å². The van der Waals surface area contributed by atoms with Crippen LogP contribution in [0.3, 0.4) is 0 Å². The summed E-state index contributed by atoms with van der Waals surface area (Å²) in [5.41, 5.74) is 14.1. The van der Waals surface area contributed by atoms with Gasteiger partial charge < -0.3 is 9.47 Å². The second-order valence-corrected chi connectivity index (χ2v) is 16.8. The molecule has 0 N–H and O–H groups in total. The van der Waals surface area contributed by atoms with Crippen molar-refractivity contribution in [2.24, 2.45) is 0 Å². The number of anilines is 3. The largest absolute Gasteiger partial charge is 0.310 e. The van der Waals surface area contributed by atoms with Crippen LogP contribution < -0.4 is 4.90 Å². The lowest BCUT2D eigenvalue weighted by atomic mass is 9.97. The summed E-state index contributed by atoms with van der Waals surface area (Å²) >= 11 is 1.86. The van der Waals surface area contributed by atoms with E-state index in [1.54, 1.807) is 0 Å². The lowest BCUT2D eigenvalue weighted by molar-refractivity contribution is 1.18. The van der Waals surface area contributed by atoms with Gasteiger partial charge in [-0.25, -0.2) is 0 Å². The average Bonchev–Trinajstić information content (AvgIpc) is 3.87. The summed E-state index contributed by atoms with van der Waals surface area (Å²) in [6, 6.07) is 84.2. The second-order valence-electron chi connectivity index (χ2n) is 15.7. The molecule has 0 saturated heterocycles. The van der Waals surface area contributed by atoms with E-state index in [1.165, 1.54) is 91.8 Å². The van der Waals surface area contributed by atoms with E-state index in [2.05, 4.69) is 240 Å². The number of hydrogen-bond acceptors (Lipinski definition) is 2. The van der Waals surface area contributed by atoms with Gasteiger partial charge in [0.2, 0.25) is 0 Å². The van der Waals surface area contributed by atoms with Crippen molar-refractivity contribution < 1.29 is 0 Å². The summed E-state index contributed by atoms with van der Waals surface area (Å²) in [4.78, 5) is 2.40. The molecule has 0 bridgehead atoms. The van der Waals surface area contributed by atoms with Crippen molar-refractivity contribution in [1.82, 2.24) is 4.57 Å². The van der Waals surface area contributed by atoms with Crippen LogP contribution in [0.15, 0.2) is 231 Å². The van der Waals surface area contributed by atoms with Crippen LogP contribution in [-0.4, -0.2) is 4.57 Å². The molecule has 3 heteroatoms. The fourth-order valence-electron chi connectivity index (χ4n) is 9.26. The molecule has 12 aromatic rings. The zero-order chi connectivity index (χ0) is 40.3. The third kappa shape index (κ3) is 6.09. The topological polar surface area (TPSA) is 8.17 Å². The summed E-state index contributed by atoms with van der Waals surface area (Å²) in [5, 5.41) is 7.62. The van der Waals surface area contributed by atoms with E-state index in [0.717, 1.165) is 17.1 Å². The van der Waals surface area contributed by atoms with E-state index >= 15 is 0 Å². The van der Waals surface area contributed by atoms with Gasteiger partial charge in [-0.1, -0.05) is 158 Å². The molecule has 61 heavy (non-hydrogen) atoms. The monoisotopic (exact) mass is 794 g/mol. The highest BCUT2D eigenvalue weighted by Crippen LogP contribution is 2.43. The van der Waals surface area contributed by atoms with Crippen LogP contribution in [0.2, 0.25) is 0 Å². The molecule has 0 aliphatic rings. The van der Waals surface area contributed by atoms with Crippen LogP contribution >= 0.6 is 11.3 Å². The van der Waals surface area contributed by atoms with E-state index in [-0.39, 0.29) is 0 Å². The Balaban J connectivity index is 0.947. The molecule has 0 amide bonds. The molecule has 286 valence electrons. The maximum atomic E-state index is 2.42. The normalized spacial score (nSPS) is 11.6. The van der Waals surface area contributed by atoms with Crippen molar-refractivity contribution in [3.05, 3.63) is 231 Å². The number of aromatic nitrogens is 1. The van der Waals surface area contributed by atoms with Gasteiger partial charge >= 0.3 is 0 Å². The minimum Gasteiger partial charge on any atom is -0.310 e. The number of thiophene rings is 1. The summed E-state index contributed by atoms with van der Waals surface area (Å²) in [6.45, 7) is 0. The van der Waals surface area contributed by atoms with Crippen LogP contribution in [0.4, 0.5) is 17.1 Å². The lowest BCUT2D eigenvalue weighted by Gasteiger charge is -2.26. The Morgan fingerprint density at radius 2 is 0.885 bits per heavy atom. The summed E-state index contributed by atoms with van der Waals surface area (Å²) in [6.07, 6.45) is 0. The number of para-hydroxylation sites is 3. The first-order valence-electron chi connectivity index (χ1n) is 20.8. The Labute approximate surface area is 358 Å². The van der Waals surface area contributed by atoms with Gasteiger partial charge in [0.25, 0.3) is 0 Å². The van der Waals surface area contributed by atoms with Crippen LogP contribution in [0.5, 0.6) is 0 Å². The molecule has 0 radical (unpaired) electrons. The summed E-state index contributed by atoms with van der Waals surface area (Å²) in [7, 11) is 0. The molecular weight excluding hydrogens is 757 g/mol. The van der Waals surface area contributed by atoms with Crippen molar-refractivity contribution in [2.45, 2.75) is 0 Å². The maximum Gasteiger partial charge on any atom is 0.0541 e. The highest BCUT2D eigenvalue weighted by atomic mass is 32.1. The lowest BCUT2D eigenvalue weighted by Crippen LogP contribution is -2.09. The molecule has 0 atom stereocenters. The van der Waals surface area contributed by atoms with Gasteiger partial charge in [0.1, 0.15) is 0 Å². The van der Waals surface area contributed by atoms with E-state index in [4.69, 9.17) is 0 Å².